The van der Waals surface area contributed by atoms with Crippen molar-refractivity contribution < 1.29 is 8.42 Å². The van der Waals surface area contributed by atoms with Crippen LogP contribution in [-0.4, -0.2) is 30.9 Å². The Bertz CT molecular complexity index is 1700. The minimum atomic E-state index is -3.61. The SMILES string of the molecule is [B]c1cnn2c(NCc3cccc(CNS(=O)(=O)c4cccc(C)c4)c3)cc(-c3ccccc3Cl)nc12. The molecule has 10 heteroatoms. The van der Waals surface area contributed by atoms with Gasteiger partial charge in [0.2, 0.25) is 10.0 Å². The number of nitrogens with one attached hydrogen (secondary N) is 2. The van der Waals surface area contributed by atoms with Gasteiger partial charge in [-0.05, 0) is 47.3 Å². The zero-order chi connectivity index (χ0) is 26.0. The van der Waals surface area contributed by atoms with Gasteiger partial charge in [-0.2, -0.15) is 9.61 Å². The van der Waals surface area contributed by atoms with Crippen molar-refractivity contribution in [2.24, 2.45) is 0 Å². The van der Waals surface area contributed by atoms with Crippen LogP contribution in [0.25, 0.3) is 16.9 Å². The van der Waals surface area contributed by atoms with Gasteiger partial charge in [0, 0.05) is 35.9 Å². The molecule has 0 amide bonds. The lowest BCUT2D eigenvalue weighted by atomic mass is 10.0. The Morgan fingerprint density at radius 2 is 1.70 bits per heavy atom. The Balaban J connectivity index is 1.35. The highest BCUT2D eigenvalue weighted by atomic mass is 35.5. The van der Waals surface area contributed by atoms with Crippen LogP contribution >= 0.6 is 11.6 Å². The third-order valence-electron chi connectivity index (χ3n) is 5.88. The fraction of sp³-hybridized carbons (Fsp3) is 0.111. The van der Waals surface area contributed by atoms with Crippen LogP contribution in [0, 0.1) is 6.92 Å². The molecule has 3 aromatic carbocycles. The highest BCUT2D eigenvalue weighted by Gasteiger charge is 2.15. The lowest BCUT2D eigenvalue weighted by Gasteiger charge is -2.13. The summed E-state index contributed by atoms with van der Waals surface area (Å²) in [5.41, 5.74) is 5.15. The van der Waals surface area contributed by atoms with Crippen LogP contribution in [-0.2, 0) is 23.1 Å². The second-order valence-corrected chi connectivity index (χ2v) is 10.8. The van der Waals surface area contributed by atoms with Crippen LogP contribution in [0.5, 0.6) is 0 Å². The Hall–Kier alpha value is -3.66. The molecule has 7 nitrogen and oxygen atoms in total. The lowest BCUT2D eigenvalue weighted by molar-refractivity contribution is 0.581. The average molecular weight is 528 g/mol. The van der Waals surface area contributed by atoms with Crippen LogP contribution < -0.4 is 15.5 Å². The molecule has 5 aromatic rings. The van der Waals surface area contributed by atoms with Crippen molar-refractivity contribution >= 4 is 46.4 Å². The average Bonchev–Trinajstić information content (AvgIpc) is 3.27. The van der Waals surface area contributed by atoms with Crippen molar-refractivity contribution in [3.63, 3.8) is 0 Å². The summed E-state index contributed by atoms with van der Waals surface area (Å²) in [4.78, 5) is 4.91. The lowest BCUT2D eigenvalue weighted by Crippen LogP contribution is -2.23. The van der Waals surface area contributed by atoms with Gasteiger partial charge in [0.1, 0.15) is 13.7 Å². The van der Waals surface area contributed by atoms with Gasteiger partial charge >= 0.3 is 0 Å². The molecule has 0 unspecified atom stereocenters. The minimum Gasteiger partial charge on any atom is -0.366 e. The molecule has 0 aliphatic heterocycles. The Morgan fingerprint density at radius 1 is 0.946 bits per heavy atom. The molecule has 2 aromatic heterocycles. The molecule has 0 aliphatic rings. The number of benzene rings is 3. The summed E-state index contributed by atoms with van der Waals surface area (Å²) >= 11 is 6.41. The van der Waals surface area contributed by atoms with Gasteiger partial charge in [0.25, 0.3) is 0 Å². The summed E-state index contributed by atoms with van der Waals surface area (Å²) in [6.45, 7) is 2.51. The molecule has 2 radical (unpaired) electrons. The summed E-state index contributed by atoms with van der Waals surface area (Å²) in [7, 11) is 2.50. The maximum atomic E-state index is 12.7. The highest BCUT2D eigenvalue weighted by molar-refractivity contribution is 7.89. The largest absolute Gasteiger partial charge is 0.366 e. The number of aryl methyl sites for hydroxylation is 1. The Kier molecular flexibility index (Phi) is 7.01. The first-order chi connectivity index (χ1) is 17.8. The van der Waals surface area contributed by atoms with Gasteiger partial charge < -0.3 is 5.32 Å². The topological polar surface area (TPSA) is 88.4 Å². The summed E-state index contributed by atoms with van der Waals surface area (Å²) in [6, 6.07) is 23.9. The van der Waals surface area contributed by atoms with E-state index in [4.69, 9.17) is 19.4 Å². The molecule has 0 atom stereocenters. The van der Waals surface area contributed by atoms with Crippen molar-refractivity contribution in [1.82, 2.24) is 19.3 Å². The first-order valence-electron chi connectivity index (χ1n) is 11.6. The van der Waals surface area contributed by atoms with Crippen LogP contribution in [0.1, 0.15) is 16.7 Å². The molecule has 2 N–H and O–H groups in total. The van der Waals surface area contributed by atoms with E-state index in [1.165, 1.54) is 0 Å². The second kappa shape index (κ2) is 10.4. The number of hydrogen-bond acceptors (Lipinski definition) is 5. The zero-order valence-electron chi connectivity index (χ0n) is 20.0. The van der Waals surface area contributed by atoms with Crippen LogP contribution in [0.3, 0.4) is 0 Å². The maximum absolute atomic E-state index is 12.7. The predicted molar refractivity (Wildman–Crippen MR) is 148 cm³/mol. The molecule has 2 heterocycles. The smallest absolute Gasteiger partial charge is 0.240 e. The number of rotatable bonds is 8. The first kappa shape index (κ1) is 25.0. The molecule has 184 valence electrons. The monoisotopic (exact) mass is 527 g/mol. The van der Waals surface area contributed by atoms with Gasteiger partial charge in [0.15, 0.2) is 5.65 Å². The molecule has 0 bridgehead atoms. The first-order valence-corrected chi connectivity index (χ1v) is 13.4. The highest BCUT2D eigenvalue weighted by Crippen LogP contribution is 2.28. The molecule has 0 saturated heterocycles. The van der Waals surface area contributed by atoms with Crippen LogP contribution in [0.15, 0.2) is 90.0 Å². The van der Waals surface area contributed by atoms with Gasteiger partial charge in [0.05, 0.1) is 10.6 Å². The van der Waals surface area contributed by atoms with Crippen molar-refractivity contribution in [3.8, 4) is 11.3 Å². The van der Waals surface area contributed by atoms with E-state index < -0.39 is 10.0 Å². The van der Waals surface area contributed by atoms with Crippen molar-refractivity contribution in [2.45, 2.75) is 24.9 Å². The zero-order valence-corrected chi connectivity index (χ0v) is 21.6. The second-order valence-electron chi connectivity index (χ2n) is 8.66. The Labute approximate surface area is 222 Å². The summed E-state index contributed by atoms with van der Waals surface area (Å²) in [5.74, 6) is 0.696. The van der Waals surface area contributed by atoms with E-state index in [1.54, 1.807) is 28.9 Å². The van der Waals surface area contributed by atoms with Gasteiger partial charge in [-0.1, -0.05) is 66.2 Å². The van der Waals surface area contributed by atoms with E-state index in [0.717, 1.165) is 22.3 Å². The molecular formula is C27H23BClN5O2S. The quantitative estimate of drug-likeness (QED) is 0.295. The Morgan fingerprint density at radius 3 is 2.49 bits per heavy atom. The van der Waals surface area contributed by atoms with E-state index >= 15 is 0 Å². The predicted octanol–water partition coefficient (Wildman–Crippen LogP) is 4.24. The number of anilines is 1. The van der Waals surface area contributed by atoms with Crippen molar-refractivity contribution in [2.75, 3.05) is 5.32 Å². The summed E-state index contributed by atoms with van der Waals surface area (Å²) in [5, 5.41) is 8.34. The van der Waals surface area contributed by atoms with Gasteiger partial charge in [-0.25, -0.2) is 18.1 Å². The van der Waals surface area contributed by atoms with E-state index in [1.807, 2.05) is 67.6 Å². The van der Waals surface area contributed by atoms with Gasteiger partial charge in [-0.15, -0.1) is 0 Å². The standard InChI is InChI=1S/C27H23BClN5O2S/c1-18-6-4-9-21(12-18)37(35,36)32-16-20-8-5-7-19(13-20)15-30-26-14-25(22-10-2-3-11-24(22)29)33-27-23(28)17-31-34(26)27/h2-14,17,30,32H,15-16H2,1H3. The van der Waals surface area contributed by atoms with E-state index in [9.17, 15) is 8.42 Å². The maximum Gasteiger partial charge on any atom is 0.240 e. The van der Waals surface area contributed by atoms with Crippen LogP contribution in [0.2, 0.25) is 5.02 Å². The van der Waals surface area contributed by atoms with Crippen molar-refractivity contribution in [3.05, 3.63) is 107 Å². The number of nitrogens with zero attached hydrogens (tertiary/aromatic N) is 3. The van der Waals surface area contributed by atoms with Crippen molar-refractivity contribution in [1.29, 1.82) is 0 Å². The normalized spacial score (nSPS) is 11.6. The van der Waals surface area contributed by atoms with E-state index in [0.29, 0.717) is 34.2 Å². The van der Waals surface area contributed by atoms with E-state index in [2.05, 4.69) is 20.1 Å². The number of halogens is 1. The third-order valence-corrected chi connectivity index (χ3v) is 7.61. The fourth-order valence-electron chi connectivity index (χ4n) is 4.00. The van der Waals surface area contributed by atoms with E-state index in [-0.39, 0.29) is 11.4 Å². The molecule has 0 saturated carbocycles. The number of fused-ring (bicyclic) bond motifs is 1. The summed E-state index contributed by atoms with van der Waals surface area (Å²) in [6.07, 6.45) is 1.56. The molecule has 5 rings (SSSR count). The van der Waals surface area contributed by atoms with Gasteiger partial charge in [-0.3, -0.25) is 0 Å². The molecule has 0 fully saturated rings. The fourth-order valence-corrected chi connectivity index (χ4v) is 5.35. The molecule has 37 heavy (non-hydrogen) atoms. The summed E-state index contributed by atoms with van der Waals surface area (Å²) < 4.78 is 29.7. The minimum absolute atomic E-state index is 0.177. The third kappa shape index (κ3) is 5.54. The number of sulfonamides is 1. The number of hydrogen-bond donors (Lipinski definition) is 2. The number of aromatic nitrogens is 3. The molecule has 0 aliphatic carbocycles. The molecular weight excluding hydrogens is 505 g/mol. The molecule has 0 spiro atoms. The van der Waals surface area contributed by atoms with Crippen LogP contribution in [0.4, 0.5) is 5.82 Å².